The molecule has 1 aliphatic heterocycles. The first-order chi connectivity index (χ1) is 16.0. The van der Waals surface area contributed by atoms with E-state index in [1.807, 2.05) is 19.1 Å². The number of halogens is 3. The first-order valence-electron chi connectivity index (χ1n) is 10.4. The van der Waals surface area contributed by atoms with E-state index >= 15 is 0 Å². The van der Waals surface area contributed by atoms with E-state index in [0.29, 0.717) is 16.8 Å². The molecule has 1 aliphatic rings. The Balaban J connectivity index is 1.56. The van der Waals surface area contributed by atoms with Crippen LogP contribution in [0.2, 0.25) is 0 Å². The first kappa shape index (κ1) is 23.7. The first-order valence-corrected chi connectivity index (χ1v) is 12.2. The Kier molecular flexibility index (Phi) is 6.34. The van der Waals surface area contributed by atoms with Crippen LogP contribution in [0.1, 0.15) is 17.0 Å². The number of aromatic nitrogens is 2. The van der Waals surface area contributed by atoms with Crippen LogP contribution in [0.25, 0.3) is 11.5 Å². The van der Waals surface area contributed by atoms with Crippen molar-refractivity contribution in [2.75, 3.05) is 29.5 Å². The number of sulfone groups is 1. The minimum atomic E-state index is -4.73. The molecule has 1 saturated heterocycles. The number of amides is 2. The number of nitrogens with zero attached hydrogens (tertiary/aromatic N) is 4. The quantitative estimate of drug-likeness (QED) is 0.546. The topological polar surface area (TPSA) is 96.6 Å². The van der Waals surface area contributed by atoms with Crippen molar-refractivity contribution in [3.63, 3.8) is 0 Å². The van der Waals surface area contributed by atoms with Gasteiger partial charge in [-0.3, -0.25) is 4.90 Å². The molecule has 0 unspecified atom stereocenters. The molecule has 0 atom stereocenters. The Morgan fingerprint density at radius 1 is 1.03 bits per heavy atom. The standard InChI is InChI=1S/C22H21F3N4O4S/c1-15-2-8-18(9-3-15)29(21(30)28-10-12-34(31,32)13-11-28)14-16-4-6-17(7-5-16)19-26-27-20(33-19)22(23,24)25/h2-9H,10-14H2,1H3. The van der Waals surface area contributed by atoms with Gasteiger partial charge >= 0.3 is 18.1 Å². The number of rotatable bonds is 4. The minimum Gasteiger partial charge on any atom is -0.413 e. The second-order valence-corrected chi connectivity index (χ2v) is 10.3. The van der Waals surface area contributed by atoms with Crippen molar-refractivity contribution in [1.82, 2.24) is 15.1 Å². The molecule has 0 aliphatic carbocycles. The van der Waals surface area contributed by atoms with Gasteiger partial charge in [0.2, 0.25) is 5.89 Å². The highest BCUT2D eigenvalue weighted by molar-refractivity contribution is 7.91. The SMILES string of the molecule is Cc1ccc(N(Cc2ccc(-c3nnc(C(F)(F)F)o3)cc2)C(=O)N2CCS(=O)(=O)CC2)cc1. The van der Waals surface area contributed by atoms with Crippen molar-refractivity contribution >= 4 is 21.6 Å². The predicted molar refractivity (Wildman–Crippen MR) is 118 cm³/mol. The third kappa shape index (κ3) is 5.38. The van der Waals surface area contributed by atoms with Crippen molar-refractivity contribution in [3.05, 3.63) is 65.5 Å². The lowest BCUT2D eigenvalue weighted by Gasteiger charge is -2.33. The van der Waals surface area contributed by atoms with E-state index in [1.54, 1.807) is 29.2 Å². The Bertz CT molecular complexity index is 1260. The molecule has 0 N–H and O–H groups in total. The summed E-state index contributed by atoms with van der Waals surface area (Å²) < 4.78 is 66.4. The highest BCUT2D eigenvalue weighted by Crippen LogP contribution is 2.30. The summed E-state index contributed by atoms with van der Waals surface area (Å²) >= 11 is 0. The van der Waals surface area contributed by atoms with E-state index in [1.165, 1.54) is 17.0 Å². The summed E-state index contributed by atoms with van der Waals surface area (Å²) in [5.41, 5.74) is 2.67. The number of alkyl halides is 3. The van der Waals surface area contributed by atoms with Crippen molar-refractivity contribution in [3.8, 4) is 11.5 Å². The van der Waals surface area contributed by atoms with Crippen LogP contribution in [0.15, 0.2) is 52.9 Å². The number of hydrogen-bond donors (Lipinski definition) is 0. The molecule has 2 amide bonds. The summed E-state index contributed by atoms with van der Waals surface area (Å²) in [6.07, 6.45) is -4.73. The van der Waals surface area contributed by atoms with Gasteiger partial charge in [-0.2, -0.15) is 13.2 Å². The maximum absolute atomic E-state index is 13.3. The van der Waals surface area contributed by atoms with Gasteiger partial charge in [0.15, 0.2) is 9.84 Å². The van der Waals surface area contributed by atoms with Crippen molar-refractivity contribution in [1.29, 1.82) is 0 Å². The van der Waals surface area contributed by atoms with Crippen molar-refractivity contribution in [2.45, 2.75) is 19.6 Å². The zero-order chi connectivity index (χ0) is 24.5. The molecule has 180 valence electrons. The summed E-state index contributed by atoms with van der Waals surface area (Å²) in [6.45, 7) is 2.32. The number of carbonyl (C=O) groups excluding carboxylic acids is 1. The van der Waals surface area contributed by atoms with Crippen LogP contribution in [-0.4, -0.2) is 54.1 Å². The average Bonchev–Trinajstić information content (AvgIpc) is 3.29. The zero-order valence-corrected chi connectivity index (χ0v) is 18.9. The maximum Gasteiger partial charge on any atom is 0.470 e. The third-order valence-electron chi connectivity index (χ3n) is 5.40. The molecule has 3 aromatic rings. The van der Waals surface area contributed by atoms with Crippen LogP contribution in [0.4, 0.5) is 23.7 Å². The van der Waals surface area contributed by atoms with Crippen molar-refractivity contribution in [2.24, 2.45) is 0 Å². The summed E-state index contributed by atoms with van der Waals surface area (Å²) in [4.78, 5) is 16.4. The van der Waals surface area contributed by atoms with Crippen LogP contribution in [0.5, 0.6) is 0 Å². The summed E-state index contributed by atoms with van der Waals surface area (Å²) in [6, 6.07) is 13.4. The van der Waals surface area contributed by atoms with Crippen molar-refractivity contribution < 1.29 is 30.8 Å². The Morgan fingerprint density at radius 3 is 2.21 bits per heavy atom. The van der Waals surface area contributed by atoms with Gasteiger partial charge in [0.1, 0.15) is 0 Å². The van der Waals surface area contributed by atoms with Crippen LogP contribution in [-0.2, 0) is 22.6 Å². The van der Waals surface area contributed by atoms with Crippen LogP contribution < -0.4 is 4.90 Å². The van der Waals surface area contributed by atoms with Gasteiger partial charge in [-0.15, -0.1) is 10.2 Å². The largest absolute Gasteiger partial charge is 0.470 e. The number of hydrogen-bond acceptors (Lipinski definition) is 6. The summed E-state index contributed by atoms with van der Waals surface area (Å²) in [7, 11) is -3.15. The molecule has 0 radical (unpaired) electrons. The van der Waals surface area contributed by atoms with Crippen LogP contribution in [0.3, 0.4) is 0 Å². The van der Waals surface area contributed by atoms with E-state index in [0.717, 1.165) is 5.56 Å². The molecule has 2 heterocycles. The van der Waals surface area contributed by atoms with Gasteiger partial charge in [0, 0.05) is 24.3 Å². The normalized spacial score (nSPS) is 15.8. The van der Waals surface area contributed by atoms with E-state index in [4.69, 9.17) is 4.42 Å². The highest BCUT2D eigenvalue weighted by Gasteiger charge is 2.38. The molecule has 4 rings (SSSR count). The molecule has 1 aromatic heterocycles. The minimum absolute atomic E-state index is 0.0841. The molecule has 34 heavy (non-hydrogen) atoms. The fraction of sp³-hybridized carbons (Fsp3) is 0.318. The van der Waals surface area contributed by atoms with Gasteiger partial charge in [0.05, 0.1) is 18.1 Å². The van der Waals surface area contributed by atoms with Gasteiger partial charge in [-0.25, -0.2) is 13.2 Å². The Hall–Kier alpha value is -3.41. The van der Waals surface area contributed by atoms with E-state index in [-0.39, 0.29) is 43.1 Å². The molecule has 0 spiro atoms. The second kappa shape index (κ2) is 9.09. The molecule has 8 nitrogen and oxygen atoms in total. The second-order valence-electron chi connectivity index (χ2n) is 7.95. The number of urea groups is 1. The fourth-order valence-electron chi connectivity index (χ4n) is 3.46. The number of aryl methyl sites for hydroxylation is 1. The monoisotopic (exact) mass is 494 g/mol. The summed E-state index contributed by atoms with van der Waals surface area (Å²) in [5, 5.41) is 6.47. The summed E-state index contributed by atoms with van der Waals surface area (Å²) in [5.74, 6) is -1.86. The van der Waals surface area contributed by atoms with E-state index in [2.05, 4.69) is 10.2 Å². The lowest BCUT2D eigenvalue weighted by molar-refractivity contribution is -0.156. The molecule has 0 saturated carbocycles. The lowest BCUT2D eigenvalue weighted by Crippen LogP contribution is -2.49. The van der Waals surface area contributed by atoms with E-state index < -0.39 is 21.9 Å². The predicted octanol–water partition coefficient (Wildman–Crippen LogP) is 3.92. The van der Waals surface area contributed by atoms with Gasteiger partial charge < -0.3 is 9.32 Å². The molecule has 1 fully saturated rings. The molecule has 0 bridgehead atoms. The number of benzene rings is 2. The molecular formula is C22H21F3N4O4S. The smallest absolute Gasteiger partial charge is 0.413 e. The number of carbonyl (C=O) groups is 1. The molecule has 2 aromatic carbocycles. The Labute approximate surface area is 193 Å². The lowest BCUT2D eigenvalue weighted by atomic mass is 10.1. The van der Waals surface area contributed by atoms with Gasteiger partial charge in [-0.1, -0.05) is 29.8 Å². The van der Waals surface area contributed by atoms with Gasteiger partial charge in [0.25, 0.3) is 0 Å². The zero-order valence-electron chi connectivity index (χ0n) is 18.1. The average molecular weight is 494 g/mol. The fourth-order valence-corrected chi connectivity index (χ4v) is 4.66. The molecular weight excluding hydrogens is 473 g/mol. The van der Waals surface area contributed by atoms with Crippen LogP contribution >= 0.6 is 0 Å². The number of anilines is 1. The van der Waals surface area contributed by atoms with Crippen LogP contribution in [0, 0.1) is 6.92 Å². The third-order valence-corrected chi connectivity index (χ3v) is 7.01. The Morgan fingerprint density at radius 2 is 1.65 bits per heavy atom. The highest BCUT2D eigenvalue weighted by atomic mass is 32.2. The molecule has 12 heteroatoms. The maximum atomic E-state index is 13.3. The van der Waals surface area contributed by atoms with E-state index in [9.17, 15) is 26.4 Å². The van der Waals surface area contributed by atoms with Gasteiger partial charge in [-0.05, 0) is 36.8 Å².